The van der Waals surface area contributed by atoms with Gasteiger partial charge in [-0.2, -0.15) is 0 Å². The number of rotatable bonds is 0. The van der Waals surface area contributed by atoms with Crippen LogP contribution in [0.4, 0.5) is 0 Å². The molecule has 1 aliphatic heterocycles. The van der Waals surface area contributed by atoms with Crippen LogP contribution in [0.5, 0.6) is 0 Å². The number of hydrogen-bond acceptors (Lipinski definition) is 6. The average molecular weight is 300 g/mol. The van der Waals surface area contributed by atoms with Crippen molar-refractivity contribution in [1.29, 1.82) is 0 Å². The van der Waals surface area contributed by atoms with E-state index in [9.17, 15) is 28.4 Å². The van der Waals surface area contributed by atoms with Gasteiger partial charge >= 0.3 is 88.7 Å². The third-order valence-electron chi connectivity index (χ3n) is 1.29. The maximum Gasteiger partial charge on any atom is 1.00 e. The van der Waals surface area contributed by atoms with Gasteiger partial charge in [-0.3, -0.25) is 0 Å². The average Bonchev–Trinajstić information content (AvgIpc) is 1.44. The van der Waals surface area contributed by atoms with Gasteiger partial charge in [0.25, 0.3) is 0 Å². The largest absolute Gasteiger partial charge is 1.00 e. The Hall–Kier alpha value is 3.57. The van der Waals surface area contributed by atoms with Gasteiger partial charge in [0, 0.05) is 39.8 Å². The summed E-state index contributed by atoms with van der Waals surface area (Å²) in [5.74, 6) is -2.98. The van der Waals surface area contributed by atoms with Gasteiger partial charge in [0.1, 0.15) is 0 Å². The first-order valence-corrected chi connectivity index (χ1v) is 8.98. The van der Waals surface area contributed by atoms with E-state index in [1.165, 1.54) is 0 Å². The van der Waals surface area contributed by atoms with Crippen molar-refractivity contribution in [3.05, 3.63) is 0 Å². The summed E-state index contributed by atoms with van der Waals surface area (Å²) in [6.07, 6.45) is 0. The van der Waals surface area contributed by atoms with E-state index < -0.39 is 39.8 Å². The van der Waals surface area contributed by atoms with Crippen LogP contribution in [0.15, 0.2) is 0 Å². The van der Waals surface area contributed by atoms with Crippen molar-refractivity contribution in [3.63, 3.8) is 0 Å². The van der Waals surface area contributed by atoms with Crippen LogP contribution in [-0.4, -0.2) is 17.7 Å². The van der Waals surface area contributed by atoms with E-state index in [1.54, 1.807) is 0 Å². The molecule has 6 nitrogen and oxygen atoms in total. The van der Waals surface area contributed by atoms with Gasteiger partial charge < -0.3 is 28.4 Å². The summed E-state index contributed by atoms with van der Waals surface area (Å²) in [4.78, 5) is 32.3. The van der Waals surface area contributed by atoms with E-state index in [-0.39, 0.29) is 88.7 Å². The molecule has 1 fully saturated rings. The molecule has 12 heteroatoms. The maximum atomic E-state index is 10.8. The summed E-state index contributed by atoms with van der Waals surface area (Å²) in [7, 11) is -12.7. The Labute approximate surface area is 154 Å². The smallest absolute Gasteiger partial charge is 0.799 e. The third-order valence-corrected chi connectivity index (χ3v) is 11.6. The molecule has 1 aliphatic rings. The molecule has 1 saturated heterocycles. The summed E-state index contributed by atoms with van der Waals surface area (Å²) in [5, 5.41) is 0. The zero-order valence-electron chi connectivity index (χ0n) is 8.91. The standard InChI is InChI=1S/C3H9O6P3.3Na/c4-10(5)1-11(6,7)3-12(8,9)2-10;;;/h1-3H2,(H,4,5)(H,6,7)(H,8,9);;;/q;3*+1/p-3. The molecule has 0 N–H and O–H groups in total. The molecule has 0 amide bonds. The zero-order chi connectivity index (χ0) is 9.62. The Balaban J connectivity index is -0.000000480. The van der Waals surface area contributed by atoms with E-state index in [4.69, 9.17) is 0 Å². The van der Waals surface area contributed by atoms with Crippen LogP contribution in [0, 0.1) is 0 Å². The Morgan fingerprint density at radius 1 is 0.600 bits per heavy atom. The van der Waals surface area contributed by atoms with Gasteiger partial charge in [-0.25, -0.2) is 0 Å². The minimum Gasteiger partial charge on any atom is -0.799 e. The molecule has 0 radical (unpaired) electrons. The molecule has 0 spiro atoms. The second-order valence-electron chi connectivity index (χ2n) is 2.87. The monoisotopic (exact) mass is 300 g/mol. The summed E-state index contributed by atoms with van der Waals surface area (Å²) in [6, 6.07) is 0. The Morgan fingerprint density at radius 2 is 0.733 bits per heavy atom. The fraction of sp³-hybridized carbons (Fsp3) is 1.00. The van der Waals surface area contributed by atoms with E-state index in [0.29, 0.717) is 0 Å². The first kappa shape index (κ1) is 23.6. The van der Waals surface area contributed by atoms with Gasteiger partial charge in [-0.1, -0.05) is 0 Å². The summed E-state index contributed by atoms with van der Waals surface area (Å²) < 4.78 is 32.3. The molecule has 0 unspecified atom stereocenters. The van der Waals surface area contributed by atoms with Crippen molar-refractivity contribution >= 4 is 22.1 Å². The van der Waals surface area contributed by atoms with Crippen molar-refractivity contribution in [2.24, 2.45) is 0 Å². The van der Waals surface area contributed by atoms with E-state index in [1.807, 2.05) is 0 Å². The normalized spacial score (nSPS) is 44.2. The molecule has 0 saturated carbocycles. The van der Waals surface area contributed by atoms with E-state index >= 15 is 0 Å². The molecular formula is C3H6Na3O6P3. The van der Waals surface area contributed by atoms with Gasteiger partial charge in [0.2, 0.25) is 0 Å². The summed E-state index contributed by atoms with van der Waals surface area (Å²) in [6.45, 7) is 0. The second-order valence-corrected chi connectivity index (χ2v) is 11.1. The van der Waals surface area contributed by atoms with Gasteiger partial charge in [-0.15, -0.1) is 0 Å². The van der Waals surface area contributed by atoms with Gasteiger partial charge in [0.05, 0.1) is 0 Å². The van der Waals surface area contributed by atoms with Crippen LogP contribution in [-0.2, 0) is 13.7 Å². The molecule has 0 aromatic heterocycles. The second kappa shape index (κ2) is 7.99. The first-order valence-electron chi connectivity index (χ1n) is 2.99. The molecule has 0 aromatic carbocycles. The van der Waals surface area contributed by atoms with E-state index in [2.05, 4.69) is 0 Å². The molecule has 15 heavy (non-hydrogen) atoms. The summed E-state index contributed by atoms with van der Waals surface area (Å²) >= 11 is 0. The Bertz CT molecular complexity index is 273. The third kappa shape index (κ3) is 9.15. The van der Waals surface area contributed by atoms with Gasteiger partial charge in [-0.05, 0) is 0 Å². The van der Waals surface area contributed by atoms with Crippen molar-refractivity contribution in [3.8, 4) is 0 Å². The van der Waals surface area contributed by atoms with Crippen LogP contribution in [0.25, 0.3) is 0 Å². The Kier molecular flexibility index (Phi) is 12.6. The van der Waals surface area contributed by atoms with Gasteiger partial charge in [0.15, 0.2) is 0 Å². The van der Waals surface area contributed by atoms with Crippen LogP contribution < -0.4 is 103 Å². The minimum atomic E-state index is -4.23. The maximum absolute atomic E-state index is 10.8. The number of hydrogen-bond donors (Lipinski definition) is 0. The molecule has 0 aromatic rings. The summed E-state index contributed by atoms with van der Waals surface area (Å²) in [5.41, 5.74) is 0. The Morgan fingerprint density at radius 3 is 0.867 bits per heavy atom. The van der Waals surface area contributed by atoms with Crippen molar-refractivity contribution < 1.29 is 117 Å². The molecule has 1 heterocycles. The molecule has 0 atom stereocenters. The van der Waals surface area contributed by atoms with Crippen LogP contribution in [0.1, 0.15) is 0 Å². The van der Waals surface area contributed by atoms with Crippen molar-refractivity contribution in [2.45, 2.75) is 0 Å². The first-order chi connectivity index (χ1) is 5.12. The molecule has 0 aliphatic carbocycles. The van der Waals surface area contributed by atoms with Crippen molar-refractivity contribution in [1.82, 2.24) is 0 Å². The van der Waals surface area contributed by atoms with Crippen LogP contribution >= 0.6 is 22.1 Å². The predicted molar refractivity (Wildman–Crippen MR) is 37.4 cm³/mol. The quantitative estimate of drug-likeness (QED) is 0.323. The molecule has 1 rings (SSSR count). The van der Waals surface area contributed by atoms with Crippen molar-refractivity contribution in [2.75, 3.05) is 17.7 Å². The SMILES string of the molecule is O=P1([O-])CP(=O)([O-])CP(=O)([O-])C1.[Na+].[Na+].[Na+]. The predicted octanol–water partition coefficient (Wildman–Crippen LogP) is -10.2. The van der Waals surface area contributed by atoms with E-state index in [0.717, 1.165) is 0 Å². The van der Waals surface area contributed by atoms with Crippen LogP contribution in [0.3, 0.4) is 0 Å². The molecule has 0 bridgehead atoms. The molecule has 72 valence electrons. The topological polar surface area (TPSA) is 120 Å². The fourth-order valence-electron chi connectivity index (χ4n) is 1.12. The fourth-order valence-corrected chi connectivity index (χ4v) is 12.5. The van der Waals surface area contributed by atoms with Crippen LogP contribution in [0.2, 0.25) is 0 Å². The zero-order valence-corrected chi connectivity index (χ0v) is 17.6. The molecular weight excluding hydrogens is 294 g/mol. The minimum absolute atomic E-state index is 0.